The van der Waals surface area contributed by atoms with Gasteiger partial charge in [0.05, 0.1) is 5.02 Å². The van der Waals surface area contributed by atoms with Gasteiger partial charge in [-0.2, -0.15) is 0 Å². The van der Waals surface area contributed by atoms with E-state index < -0.39 is 0 Å². The van der Waals surface area contributed by atoms with Crippen LogP contribution in [0.1, 0.15) is 50.1 Å². The molecule has 2 nitrogen and oxygen atoms in total. The number of hydrogen-bond donors (Lipinski definition) is 2. The van der Waals surface area contributed by atoms with E-state index >= 15 is 0 Å². The number of hydrazine groups is 1. The Morgan fingerprint density at radius 1 is 1.33 bits per heavy atom. The van der Waals surface area contributed by atoms with Crippen LogP contribution in [0.3, 0.4) is 0 Å². The third kappa shape index (κ3) is 3.44. The molecule has 0 bridgehead atoms. The van der Waals surface area contributed by atoms with Gasteiger partial charge in [0.15, 0.2) is 0 Å². The van der Waals surface area contributed by atoms with Crippen LogP contribution in [0.5, 0.6) is 0 Å². The maximum Gasteiger partial charge on any atom is 0.141 e. The molecule has 1 aromatic carbocycles. The molecular formula is C14H20ClFN2. The van der Waals surface area contributed by atoms with Gasteiger partial charge in [0, 0.05) is 6.04 Å². The second kappa shape index (κ2) is 6.50. The van der Waals surface area contributed by atoms with Crippen molar-refractivity contribution in [1.29, 1.82) is 0 Å². The Morgan fingerprint density at radius 2 is 2.06 bits per heavy atom. The van der Waals surface area contributed by atoms with Gasteiger partial charge < -0.3 is 0 Å². The Morgan fingerprint density at radius 3 is 2.67 bits per heavy atom. The van der Waals surface area contributed by atoms with Gasteiger partial charge >= 0.3 is 0 Å². The van der Waals surface area contributed by atoms with Gasteiger partial charge in [-0.3, -0.25) is 11.3 Å². The molecule has 1 saturated carbocycles. The van der Waals surface area contributed by atoms with Crippen molar-refractivity contribution in [3.05, 3.63) is 34.6 Å². The van der Waals surface area contributed by atoms with E-state index in [1.807, 2.05) is 0 Å². The molecule has 0 spiro atoms. The lowest BCUT2D eigenvalue weighted by Gasteiger charge is -2.26. The molecule has 0 amide bonds. The van der Waals surface area contributed by atoms with Crippen molar-refractivity contribution in [3.63, 3.8) is 0 Å². The van der Waals surface area contributed by atoms with Gasteiger partial charge in [0.25, 0.3) is 0 Å². The minimum absolute atomic E-state index is 0.0613. The van der Waals surface area contributed by atoms with Gasteiger partial charge in [0.2, 0.25) is 0 Å². The van der Waals surface area contributed by atoms with Crippen LogP contribution in [0.2, 0.25) is 5.02 Å². The van der Waals surface area contributed by atoms with Crippen LogP contribution in [-0.4, -0.2) is 0 Å². The van der Waals surface area contributed by atoms with E-state index in [-0.39, 0.29) is 16.9 Å². The molecule has 0 aromatic heterocycles. The fraction of sp³-hybridized carbons (Fsp3) is 0.571. The number of rotatable bonds is 4. The zero-order valence-electron chi connectivity index (χ0n) is 10.5. The second-order valence-corrected chi connectivity index (χ2v) is 5.54. The lowest BCUT2D eigenvalue weighted by Crippen LogP contribution is -2.30. The van der Waals surface area contributed by atoms with Gasteiger partial charge in [-0.25, -0.2) is 4.39 Å². The van der Waals surface area contributed by atoms with Crippen LogP contribution in [0.25, 0.3) is 0 Å². The highest BCUT2D eigenvalue weighted by Gasteiger charge is 2.20. The fourth-order valence-corrected chi connectivity index (χ4v) is 2.97. The predicted molar refractivity (Wildman–Crippen MR) is 72.7 cm³/mol. The quantitative estimate of drug-likeness (QED) is 0.642. The molecule has 1 unspecified atom stereocenters. The molecule has 1 aliphatic rings. The minimum Gasteiger partial charge on any atom is -0.271 e. The van der Waals surface area contributed by atoms with Gasteiger partial charge in [-0.15, -0.1) is 0 Å². The Kier molecular flexibility index (Phi) is 4.98. The van der Waals surface area contributed by atoms with Gasteiger partial charge in [0.1, 0.15) is 5.82 Å². The molecule has 4 heteroatoms. The van der Waals surface area contributed by atoms with Crippen molar-refractivity contribution in [3.8, 4) is 0 Å². The predicted octanol–water partition coefficient (Wildman–Crippen LogP) is 3.95. The van der Waals surface area contributed by atoms with E-state index in [9.17, 15) is 4.39 Å². The number of halogens is 2. The first-order valence-corrected chi connectivity index (χ1v) is 6.99. The van der Waals surface area contributed by atoms with Crippen LogP contribution in [0.15, 0.2) is 18.2 Å². The fourth-order valence-electron chi connectivity index (χ4n) is 2.79. The van der Waals surface area contributed by atoms with Crippen molar-refractivity contribution in [2.75, 3.05) is 0 Å². The smallest absolute Gasteiger partial charge is 0.141 e. The number of nitrogens with two attached hydrogens (primary N) is 1. The molecule has 3 N–H and O–H groups in total. The molecule has 18 heavy (non-hydrogen) atoms. The Labute approximate surface area is 113 Å². The molecule has 100 valence electrons. The van der Waals surface area contributed by atoms with E-state index in [2.05, 4.69) is 5.43 Å². The summed E-state index contributed by atoms with van der Waals surface area (Å²) >= 11 is 5.81. The van der Waals surface area contributed by atoms with Crippen molar-refractivity contribution in [2.45, 2.75) is 44.6 Å². The topological polar surface area (TPSA) is 38.0 Å². The SMILES string of the molecule is NNC(CC1CCCCC1)c1ccc(F)c(Cl)c1. The van der Waals surface area contributed by atoms with Gasteiger partial charge in [-0.05, 0) is 30.0 Å². The molecule has 0 saturated heterocycles. The van der Waals surface area contributed by atoms with E-state index in [4.69, 9.17) is 17.4 Å². The molecule has 0 aliphatic heterocycles. The first-order valence-electron chi connectivity index (χ1n) is 6.62. The van der Waals surface area contributed by atoms with Gasteiger partial charge in [-0.1, -0.05) is 49.8 Å². The lowest BCUT2D eigenvalue weighted by atomic mass is 9.83. The van der Waals surface area contributed by atoms with Crippen LogP contribution >= 0.6 is 11.6 Å². The summed E-state index contributed by atoms with van der Waals surface area (Å²) in [5.41, 5.74) is 3.80. The van der Waals surface area contributed by atoms with E-state index in [1.165, 1.54) is 38.2 Å². The normalized spacial score (nSPS) is 18.8. The number of hydrogen-bond acceptors (Lipinski definition) is 2. The highest BCUT2D eigenvalue weighted by molar-refractivity contribution is 6.30. The maximum absolute atomic E-state index is 13.1. The summed E-state index contributed by atoms with van der Waals surface area (Å²) in [6.45, 7) is 0. The summed E-state index contributed by atoms with van der Waals surface area (Å²) in [6, 6.07) is 4.90. The molecule has 1 aromatic rings. The minimum atomic E-state index is -0.381. The molecule has 0 heterocycles. The van der Waals surface area contributed by atoms with Crippen molar-refractivity contribution >= 4 is 11.6 Å². The monoisotopic (exact) mass is 270 g/mol. The first kappa shape index (κ1) is 13.8. The summed E-state index contributed by atoms with van der Waals surface area (Å²) in [6.07, 6.45) is 7.51. The standard InChI is InChI=1S/C14H20ClFN2/c15-12-9-11(6-7-13(12)16)14(18-17)8-10-4-2-1-3-5-10/h6-7,9-10,14,18H,1-5,8,17H2. The molecular weight excluding hydrogens is 251 g/mol. The van der Waals surface area contributed by atoms with E-state index in [0.29, 0.717) is 5.92 Å². The third-order valence-corrected chi connectivity index (χ3v) is 4.13. The summed E-state index contributed by atoms with van der Waals surface area (Å²) in [4.78, 5) is 0. The van der Waals surface area contributed by atoms with Crippen molar-refractivity contribution in [1.82, 2.24) is 5.43 Å². The summed E-state index contributed by atoms with van der Waals surface area (Å²) in [5.74, 6) is 5.95. The zero-order valence-corrected chi connectivity index (χ0v) is 11.2. The van der Waals surface area contributed by atoms with E-state index in [0.717, 1.165) is 12.0 Å². The van der Waals surface area contributed by atoms with Crippen molar-refractivity contribution < 1.29 is 4.39 Å². The average molecular weight is 271 g/mol. The largest absolute Gasteiger partial charge is 0.271 e. The Bertz CT molecular complexity index is 391. The molecule has 1 aliphatic carbocycles. The first-order chi connectivity index (χ1) is 8.70. The lowest BCUT2D eigenvalue weighted by molar-refractivity contribution is 0.301. The third-order valence-electron chi connectivity index (χ3n) is 3.84. The zero-order chi connectivity index (χ0) is 13.0. The molecule has 1 fully saturated rings. The number of benzene rings is 1. The highest BCUT2D eigenvalue weighted by atomic mass is 35.5. The average Bonchev–Trinajstić information content (AvgIpc) is 2.40. The maximum atomic E-state index is 13.1. The molecule has 1 atom stereocenters. The summed E-state index contributed by atoms with van der Waals surface area (Å²) in [7, 11) is 0. The Hall–Kier alpha value is -0.640. The van der Waals surface area contributed by atoms with E-state index in [1.54, 1.807) is 12.1 Å². The second-order valence-electron chi connectivity index (χ2n) is 5.13. The summed E-state index contributed by atoms with van der Waals surface area (Å²) < 4.78 is 13.1. The molecule has 0 radical (unpaired) electrons. The van der Waals surface area contributed by atoms with Crippen LogP contribution in [-0.2, 0) is 0 Å². The number of nitrogens with one attached hydrogen (secondary N) is 1. The van der Waals surface area contributed by atoms with Crippen molar-refractivity contribution in [2.24, 2.45) is 11.8 Å². The Balaban J connectivity index is 2.04. The van der Waals surface area contributed by atoms with Crippen LogP contribution in [0.4, 0.5) is 4.39 Å². The highest BCUT2D eigenvalue weighted by Crippen LogP contribution is 2.32. The molecule has 2 rings (SSSR count). The van der Waals surface area contributed by atoms with Crippen LogP contribution in [0, 0.1) is 11.7 Å². The van der Waals surface area contributed by atoms with Crippen LogP contribution < -0.4 is 11.3 Å². The summed E-state index contributed by atoms with van der Waals surface area (Å²) in [5, 5.41) is 0.163.